The van der Waals surface area contributed by atoms with Gasteiger partial charge in [-0.25, -0.2) is 8.42 Å². The van der Waals surface area contributed by atoms with Crippen LogP contribution in [0.25, 0.3) is 0 Å². The Labute approximate surface area is 251 Å². The molecule has 0 fully saturated rings. The lowest BCUT2D eigenvalue weighted by Gasteiger charge is -2.33. The number of nitrogens with one attached hydrogen (secondary N) is 1. The average molecular weight is 619 g/mol. The molecule has 0 radical (unpaired) electrons. The highest BCUT2D eigenvalue weighted by atomic mass is 35.5. The van der Waals surface area contributed by atoms with Crippen LogP contribution in [-0.2, 0) is 32.6 Å². The number of carbonyl (C=O) groups excluding carboxylic acids is 3. The first-order chi connectivity index (χ1) is 19.4. The first kappa shape index (κ1) is 32.1. The van der Waals surface area contributed by atoms with E-state index in [1.54, 1.807) is 30.3 Å². The van der Waals surface area contributed by atoms with Gasteiger partial charge in [0.05, 0.1) is 11.9 Å². The van der Waals surface area contributed by atoms with E-state index in [1.165, 1.54) is 24.0 Å². The molecule has 0 aliphatic rings. The second kappa shape index (κ2) is 14.5. The van der Waals surface area contributed by atoms with E-state index >= 15 is 0 Å². The summed E-state index contributed by atoms with van der Waals surface area (Å²) in [7, 11) is -3.96. The SMILES string of the molecule is CCCNC(=O)[C@H](Cc1ccccc1)N(Cc1ccc(Cl)cc1Cl)C(=O)CN(c1cccc(C(C)=O)c1)S(C)(=O)=O. The molecule has 41 heavy (non-hydrogen) atoms. The third-order valence-corrected chi connectivity index (χ3v) is 8.12. The number of Topliss-reactive ketones (excluding diaryl/α,β-unsaturated/α-hetero) is 1. The summed E-state index contributed by atoms with van der Waals surface area (Å²) in [5.74, 6) is -1.25. The normalized spacial score (nSPS) is 11.9. The number of nitrogens with zero attached hydrogens (tertiary/aromatic N) is 2. The Hall–Kier alpha value is -3.40. The zero-order valence-corrected chi connectivity index (χ0v) is 25.5. The van der Waals surface area contributed by atoms with Crippen molar-refractivity contribution in [2.24, 2.45) is 0 Å². The molecule has 0 aliphatic heterocycles. The molecule has 3 rings (SSSR count). The van der Waals surface area contributed by atoms with Gasteiger partial charge in [0.1, 0.15) is 12.6 Å². The van der Waals surface area contributed by atoms with E-state index in [4.69, 9.17) is 23.2 Å². The van der Waals surface area contributed by atoms with Gasteiger partial charge in [-0.05, 0) is 48.7 Å². The van der Waals surface area contributed by atoms with Crippen LogP contribution in [-0.4, -0.2) is 56.3 Å². The Bertz CT molecular complexity index is 1500. The molecule has 3 aromatic carbocycles. The number of hydrogen-bond acceptors (Lipinski definition) is 5. The number of sulfonamides is 1. The van der Waals surface area contributed by atoms with Crippen molar-refractivity contribution in [3.63, 3.8) is 0 Å². The van der Waals surface area contributed by atoms with Gasteiger partial charge >= 0.3 is 0 Å². The molecular formula is C30H33Cl2N3O5S. The minimum absolute atomic E-state index is 0.0725. The summed E-state index contributed by atoms with van der Waals surface area (Å²) >= 11 is 12.6. The maximum absolute atomic E-state index is 14.1. The smallest absolute Gasteiger partial charge is 0.244 e. The highest BCUT2D eigenvalue weighted by Crippen LogP contribution is 2.25. The van der Waals surface area contributed by atoms with Crippen molar-refractivity contribution in [1.82, 2.24) is 10.2 Å². The molecule has 0 saturated carbocycles. The maximum atomic E-state index is 14.1. The van der Waals surface area contributed by atoms with Crippen LogP contribution in [0.15, 0.2) is 72.8 Å². The van der Waals surface area contributed by atoms with E-state index in [1.807, 2.05) is 37.3 Å². The Morgan fingerprint density at radius 3 is 2.27 bits per heavy atom. The standard InChI is InChI=1S/C30H33Cl2N3O5S/c1-4-15-33-30(38)28(16-22-9-6-5-7-10-22)34(19-24-13-14-25(31)18-27(24)32)29(37)20-35(41(3,39)40)26-12-8-11-23(17-26)21(2)36/h5-14,17-18,28H,4,15-16,19-20H2,1-3H3,(H,33,38)/t28-/m0/s1. The maximum Gasteiger partial charge on any atom is 0.244 e. The van der Waals surface area contributed by atoms with E-state index in [2.05, 4.69) is 5.32 Å². The van der Waals surface area contributed by atoms with Crippen molar-refractivity contribution in [3.8, 4) is 0 Å². The van der Waals surface area contributed by atoms with Gasteiger partial charge in [-0.15, -0.1) is 0 Å². The number of rotatable bonds is 13. The molecule has 0 heterocycles. The van der Waals surface area contributed by atoms with Gasteiger partial charge < -0.3 is 10.2 Å². The van der Waals surface area contributed by atoms with Crippen LogP contribution in [0.3, 0.4) is 0 Å². The van der Waals surface area contributed by atoms with Crippen molar-refractivity contribution in [2.75, 3.05) is 23.7 Å². The van der Waals surface area contributed by atoms with Crippen molar-refractivity contribution >= 4 is 56.5 Å². The average Bonchev–Trinajstić information content (AvgIpc) is 2.93. The summed E-state index contributed by atoms with van der Waals surface area (Å²) < 4.78 is 26.8. The molecule has 0 saturated heterocycles. The lowest BCUT2D eigenvalue weighted by molar-refractivity contribution is -0.140. The molecule has 0 aliphatic carbocycles. The second-order valence-corrected chi connectivity index (χ2v) is 12.4. The van der Waals surface area contributed by atoms with Crippen LogP contribution in [0.5, 0.6) is 0 Å². The molecule has 1 N–H and O–H groups in total. The largest absolute Gasteiger partial charge is 0.354 e. The summed E-state index contributed by atoms with van der Waals surface area (Å²) in [6.45, 7) is 3.02. The van der Waals surface area contributed by atoms with Crippen LogP contribution in [0, 0.1) is 0 Å². The number of amides is 2. The van der Waals surface area contributed by atoms with Crippen LogP contribution < -0.4 is 9.62 Å². The molecule has 3 aromatic rings. The number of halogens is 2. The van der Waals surface area contributed by atoms with Crippen LogP contribution >= 0.6 is 23.2 Å². The van der Waals surface area contributed by atoms with Gasteiger partial charge in [-0.1, -0.05) is 78.7 Å². The van der Waals surface area contributed by atoms with E-state index in [0.29, 0.717) is 34.1 Å². The molecule has 218 valence electrons. The molecular weight excluding hydrogens is 585 g/mol. The van der Waals surface area contributed by atoms with E-state index in [9.17, 15) is 22.8 Å². The zero-order chi connectivity index (χ0) is 30.2. The first-order valence-electron chi connectivity index (χ1n) is 13.0. The Balaban J connectivity index is 2.09. The van der Waals surface area contributed by atoms with E-state index in [-0.39, 0.29) is 30.3 Å². The minimum Gasteiger partial charge on any atom is -0.354 e. The molecule has 0 aromatic heterocycles. The molecule has 0 bridgehead atoms. The monoisotopic (exact) mass is 617 g/mol. The van der Waals surface area contributed by atoms with Gasteiger partial charge in [0.15, 0.2) is 5.78 Å². The first-order valence-corrected chi connectivity index (χ1v) is 15.6. The van der Waals surface area contributed by atoms with Gasteiger partial charge in [0.25, 0.3) is 0 Å². The highest BCUT2D eigenvalue weighted by molar-refractivity contribution is 7.92. The van der Waals surface area contributed by atoms with Gasteiger partial charge in [0.2, 0.25) is 21.8 Å². The molecule has 0 unspecified atom stereocenters. The third kappa shape index (κ3) is 9.05. The lowest BCUT2D eigenvalue weighted by Crippen LogP contribution is -2.53. The van der Waals surface area contributed by atoms with Crippen molar-refractivity contribution in [3.05, 3.63) is 99.5 Å². The van der Waals surface area contributed by atoms with Crippen molar-refractivity contribution < 1.29 is 22.8 Å². The van der Waals surface area contributed by atoms with Gasteiger partial charge in [-0.3, -0.25) is 18.7 Å². The van der Waals surface area contributed by atoms with Crippen LogP contribution in [0.4, 0.5) is 5.69 Å². The Morgan fingerprint density at radius 2 is 1.66 bits per heavy atom. The fraction of sp³-hybridized carbons (Fsp3) is 0.300. The molecule has 1 atom stereocenters. The van der Waals surface area contributed by atoms with E-state index in [0.717, 1.165) is 16.1 Å². The predicted molar refractivity (Wildman–Crippen MR) is 163 cm³/mol. The summed E-state index contributed by atoms with van der Waals surface area (Å²) in [6, 6.07) is 19.2. The summed E-state index contributed by atoms with van der Waals surface area (Å²) in [6.07, 6.45) is 1.86. The quantitative estimate of drug-likeness (QED) is 0.268. The van der Waals surface area contributed by atoms with Crippen molar-refractivity contribution in [2.45, 2.75) is 39.3 Å². The van der Waals surface area contributed by atoms with Gasteiger partial charge in [-0.2, -0.15) is 0 Å². The Kier molecular flexibility index (Phi) is 11.3. The molecule has 11 heteroatoms. The number of anilines is 1. The Morgan fingerprint density at radius 1 is 0.951 bits per heavy atom. The van der Waals surface area contributed by atoms with Crippen LogP contribution in [0.2, 0.25) is 10.0 Å². The molecule has 2 amide bonds. The second-order valence-electron chi connectivity index (χ2n) is 9.63. The fourth-order valence-corrected chi connectivity index (χ4v) is 5.56. The summed E-state index contributed by atoms with van der Waals surface area (Å²) in [5, 5.41) is 3.59. The summed E-state index contributed by atoms with van der Waals surface area (Å²) in [4.78, 5) is 40.9. The lowest BCUT2D eigenvalue weighted by atomic mass is 10.0. The topological polar surface area (TPSA) is 104 Å². The number of hydrogen-bond donors (Lipinski definition) is 1. The minimum atomic E-state index is -3.96. The van der Waals surface area contributed by atoms with Crippen LogP contribution in [0.1, 0.15) is 41.8 Å². The van der Waals surface area contributed by atoms with E-state index < -0.39 is 28.5 Å². The molecule has 8 nitrogen and oxygen atoms in total. The molecule has 0 spiro atoms. The zero-order valence-electron chi connectivity index (χ0n) is 23.1. The predicted octanol–water partition coefficient (Wildman–Crippen LogP) is 5.13. The fourth-order valence-electron chi connectivity index (χ4n) is 4.25. The van der Waals surface area contributed by atoms with Gasteiger partial charge in [0, 0.05) is 35.1 Å². The number of benzene rings is 3. The third-order valence-electron chi connectivity index (χ3n) is 6.40. The number of carbonyl (C=O) groups is 3. The van der Waals surface area contributed by atoms with Crippen molar-refractivity contribution in [1.29, 1.82) is 0 Å². The summed E-state index contributed by atoms with van der Waals surface area (Å²) in [5.41, 5.74) is 1.82. The highest BCUT2D eigenvalue weighted by Gasteiger charge is 2.33. The number of ketones is 1.